The van der Waals surface area contributed by atoms with Crippen molar-refractivity contribution in [1.82, 2.24) is 20.8 Å². The number of hydrogen-bond donors (Lipinski definition) is 3. The molecule has 1 aromatic heterocycles. The van der Waals surface area contributed by atoms with Gasteiger partial charge in [-0.1, -0.05) is 18.2 Å². The molecule has 0 radical (unpaired) electrons. The SMILES string of the molecule is O=C(NC1CCc2cn[nH]c2C1)NC1CCOc2ccccc21. The quantitative estimate of drug-likeness (QED) is 0.794. The molecule has 2 atom stereocenters. The number of benzene rings is 1. The molecule has 2 amide bonds. The van der Waals surface area contributed by atoms with Crippen molar-refractivity contribution in [2.24, 2.45) is 0 Å². The van der Waals surface area contributed by atoms with Gasteiger partial charge in [-0.2, -0.15) is 5.10 Å². The number of nitrogens with zero attached hydrogens (tertiary/aromatic N) is 1. The van der Waals surface area contributed by atoms with Crippen molar-refractivity contribution in [1.29, 1.82) is 0 Å². The van der Waals surface area contributed by atoms with Crippen LogP contribution in [0.4, 0.5) is 4.79 Å². The minimum Gasteiger partial charge on any atom is -0.493 e. The number of ether oxygens (including phenoxy) is 1. The van der Waals surface area contributed by atoms with Crippen LogP contribution in [0.2, 0.25) is 0 Å². The molecule has 2 heterocycles. The van der Waals surface area contributed by atoms with Gasteiger partial charge in [-0.3, -0.25) is 5.10 Å². The molecule has 0 saturated heterocycles. The molecule has 2 unspecified atom stereocenters. The fraction of sp³-hybridized carbons (Fsp3) is 0.412. The zero-order valence-electron chi connectivity index (χ0n) is 12.8. The summed E-state index contributed by atoms with van der Waals surface area (Å²) in [5, 5.41) is 13.3. The molecule has 0 bridgehead atoms. The highest BCUT2D eigenvalue weighted by molar-refractivity contribution is 5.75. The van der Waals surface area contributed by atoms with Crippen molar-refractivity contribution in [3.05, 3.63) is 47.3 Å². The number of aryl methyl sites for hydroxylation is 1. The maximum Gasteiger partial charge on any atom is 0.315 e. The molecule has 0 fully saturated rings. The number of nitrogens with one attached hydrogen (secondary N) is 3. The summed E-state index contributed by atoms with van der Waals surface area (Å²) >= 11 is 0. The molecule has 1 aliphatic carbocycles. The van der Waals surface area contributed by atoms with Gasteiger partial charge in [0.15, 0.2) is 0 Å². The molecule has 3 N–H and O–H groups in total. The van der Waals surface area contributed by atoms with E-state index in [1.807, 2.05) is 30.5 Å². The zero-order chi connectivity index (χ0) is 15.6. The summed E-state index contributed by atoms with van der Waals surface area (Å²) in [7, 11) is 0. The Labute approximate surface area is 134 Å². The standard InChI is InChI=1S/C17H20N4O2/c22-17(19-12-6-5-11-10-18-21-15(11)9-12)20-14-7-8-23-16-4-2-1-3-13(14)16/h1-4,10,12,14H,5-9H2,(H,18,21)(H2,19,20,22). The first-order valence-electron chi connectivity index (χ1n) is 8.09. The Kier molecular flexibility index (Phi) is 3.65. The van der Waals surface area contributed by atoms with E-state index in [9.17, 15) is 4.79 Å². The van der Waals surface area contributed by atoms with Crippen molar-refractivity contribution >= 4 is 6.03 Å². The lowest BCUT2D eigenvalue weighted by atomic mass is 9.94. The number of H-pyrrole nitrogens is 1. The largest absolute Gasteiger partial charge is 0.493 e. The molecule has 6 heteroatoms. The second-order valence-electron chi connectivity index (χ2n) is 6.16. The second kappa shape index (κ2) is 5.95. The molecule has 23 heavy (non-hydrogen) atoms. The summed E-state index contributed by atoms with van der Waals surface area (Å²) in [5.74, 6) is 0.865. The van der Waals surface area contributed by atoms with E-state index in [1.165, 1.54) is 5.56 Å². The molecule has 0 spiro atoms. The minimum atomic E-state index is -0.111. The number of fused-ring (bicyclic) bond motifs is 2. The van der Waals surface area contributed by atoms with Crippen LogP contribution in [0.1, 0.15) is 35.7 Å². The minimum absolute atomic E-state index is 0.00579. The molecular formula is C17H20N4O2. The number of para-hydroxylation sites is 1. The number of aromatic amines is 1. The molecule has 120 valence electrons. The highest BCUT2D eigenvalue weighted by Gasteiger charge is 2.25. The van der Waals surface area contributed by atoms with Crippen LogP contribution in [-0.2, 0) is 12.8 Å². The summed E-state index contributed by atoms with van der Waals surface area (Å²) in [5.41, 5.74) is 3.45. The van der Waals surface area contributed by atoms with Gasteiger partial charge in [-0.15, -0.1) is 0 Å². The summed E-state index contributed by atoms with van der Waals surface area (Å²) in [6.07, 6.45) is 5.39. The smallest absolute Gasteiger partial charge is 0.315 e. The first kappa shape index (κ1) is 14.1. The van der Waals surface area contributed by atoms with E-state index in [0.29, 0.717) is 6.61 Å². The van der Waals surface area contributed by atoms with Crippen molar-refractivity contribution in [2.45, 2.75) is 37.8 Å². The lowest BCUT2D eigenvalue weighted by molar-refractivity contribution is 0.219. The number of amides is 2. The topological polar surface area (TPSA) is 79.0 Å². The van der Waals surface area contributed by atoms with Crippen LogP contribution in [0.15, 0.2) is 30.5 Å². The van der Waals surface area contributed by atoms with Gasteiger partial charge in [0.05, 0.1) is 18.8 Å². The van der Waals surface area contributed by atoms with Gasteiger partial charge in [0.1, 0.15) is 5.75 Å². The Morgan fingerprint density at radius 2 is 2.17 bits per heavy atom. The number of hydrogen-bond acceptors (Lipinski definition) is 3. The Hall–Kier alpha value is -2.50. The monoisotopic (exact) mass is 312 g/mol. The van der Waals surface area contributed by atoms with E-state index in [4.69, 9.17) is 4.74 Å². The third kappa shape index (κ3) is 2.88. The van der Waals surface area contributed by atoms with E-state index >= 15 is 0 Å². The van der Waals surface area contributed by atoms with Gasteiger partial charge in [-0.05, 0) is 24.5 Å². The van der Waals surface area contributed by atoms with Crippen molar-refractivity contribution in [3.63, 3.8) is 0 Å². The predicted molar refractivity (Wildman–Crippen MR) is 85.4 cm³/mol. The summed E-state index contributed by atoms with van der Waals surface area (Å²) in [6, 6.07) is 7.93. The molecule has 1 aliphatic heterocycles. The molecule has 0 saturated carbocycles. The number of carbonyl (C=O) groups excluding carboxylic acids is 1. The summed E-state index contributed by atoms with van der Waals surface area (Å²) < 4.78 is 5.63. The maximum absolute atomic E-state index is 12.4. The van der Waals surface area contributed by atoms with Crippen LogP contribution in [-0.4, -0.2) is 28.9 Å². The van der Waals surface area contributed by atoms with Crippen molar-refractivity contribution in [2.75, 3.05) is 6.61 Å². The van der Waals surface area contributed by atoms with Crippen LogP contribution >= 0.6 is 0 Å². The van der Waals surface area contributed by atoms with Crippen molar-refractivity contribution < 1.29 is 9.53 Å². The summed E-state index contributed by atoms with van der Waals surface area (Å²) in [4.78, 5) is 12.4. The number of rotatable bonds is 2. The Balaban J connectivity index is 1.38. The molecular weight excluding hydrogens is 292 g/mol. The lowest BCUT2D eigenvalue weighted by Crippen LogP contribution is -2.46. The Morgan fingerprint density at radius 1 is 1.26 bits per heavy atom. The third-order valence-electron chi connectivity index (χ3n) is 4.62. The van der Waals surface area contributed by atoms with Crippen LogP contribution in [0, 0.1) is 0 Å². The van der Waals surface area contributed by atoms with E-state index in [1.54, 1.807) is 0 Å². The van der Waals surface area contributed by atoms with Gasteiger partial charge >= 0.3 is 6.03 Å². The van der Waals surface area contributed by atoms with Crippen LogP contribution < -0.4 is 15.4 Å². The fourth-order valence-electron chi connectivity index (χ4n) is 3.41. The number of carbonyl (C=O) groups is 1. The molecule has 4 rings (SSSR count). The predicted octanol–water partition coefficient (Wildman–Crippen LogP) is 2.09. The van der Waals surface area contributed by atoms with Crippen molar-refractivity contribution in [3.8, 4) is 5.75 Å². The lowest BCUT2D eigenvalue weighted by Gasteiger charge is -2.28. The highest BCUT2D eigenvalue weighted by Crippen LogP contribution is 2.31. The second-order valence-corrected chi connectivity index (χ2v) is 6.16. The van der Waals surface area contributed by atoms with Gasteiger partial charge < -0.3 is 15.4 Å². The molecule has 2 aromatic rings. The van der Waals surface area contributed by atoms with E-state index in [2.05, 4.69) is 20.8 Å². The van der Waals surface area contributed by atoms with Crippen LogP contribution in [0.3, 0.4) is 0 Å². The van der Waals surface area contributed by atoms with E-state index in [-0.39, 0.29) is 18.1 Å². The molecule has 6 nitrogen and oxygen atoms in total. The normalized spacial score (nSPS) is 22.4. The van der Waals surface area contributed by atoms with E-state index in [0.717, 1.165) is 42.7 Å². The summed E-state index contributed by atoms with van der Waals surface area (Å²) in [6.45, 7) is 0.628. The Bertz CT molecular complexity index is 712. The van der Waals surface area contributed by atoms with Gasteiger partial charge in [0.25, 0.3) is 0 Å². The third-order valence-corrected chi connectivity index (χ3v) is 4.62. The maximum atomic E-state index is 12.4. The Morgan fingerprint density at radius 3 is 3.13 bits per heavy atom. The first-order valence-corrected chi connectivity index (χ1v) is 8.09. The zero-order valence-corrected chi connectivity index (χ0v) is 12.8. The van der Waals surface area contributed by atoms with Gasteiger partial charge in [0, 0.05) is 30.1 Å². The van der Waals surface area contributed by atoms with Gasteiger partial charge in [0.2, 0.25) is 0 Å². The highest BCUT2D eigenvalue weighted by atomic mass is 16.5. The first-order chi connectivity index (χ1) is 11.3. The van der Waals surface area contributed by atoms with Crippen LogP contribution in [0.25, 0.3) is 0 Å². The molecule has 1 aromatic carbocycles. The van der Waals surface area contributed by atoms with Crippen LogP contribution in [0.5, 0.6) is 5.75 Å². The molecule has 2 aliphatic rings. The number of aromatic nitrogens is 2. The average Bonchev–Trinajstić information content (AvgIpc) is 3.03. The fourth-order valence-corrected chi connectivity index (χ4v) is 3.41. The van der Waals surface area contributed by atoms with E-state index < -0.39 is 0 Å². The average molecular weight is 312 g/mol. The number of urea groups is 1. The van der Waals surface area contributed by atoms with Gasteiger partial charge in [-0.25, -0.2) is 4.79 Å².